The lowest BCUT2D eigenvalue weighted by atomic mass is 10.0. The molecule has 0 fully saturated rings. The van der Waals surface area contributed by atoms with Gasteiger partial charge in [-0.15, -0.1) is 0 Å². The lowest BCUT2D eigenvalue weighted by Gasteiger charge is -2.08. The number of benzene rings is 2. The molecule has 0 saturated carbocycles. The summed E-state index contributed by atoms with van der Waals surface area (Å²) in [5, 5.41) is 16.4. The van der Waals surface area contributed by atoms with Gasteiger partial charge in [0.15, 0.2) is 0 Å². The van der Waals surface area contributed by atoms with Crippen LogP contribution < -0.4 is 10.6 Å². The molecular formula is C15H18N2O2. The summed E-state index contributed by atoms with van der Waals surface area (Å²) >= 11 is 0. The number of nitrogens with one attached hydrogen (secondary N) is 2. The molecule has 2 aromatic carbocycles. The fraction of sp³-hybridized carbons (Fsp3) is 0.267. The van der Waals surface area contributed by atoms with E-state index in [0.717, 1.165) is 6.42 Å². The molecule has 3 N–H and O–H groups in total. The van der Waals surface area contributed by atoms with Gasteiger partial charge in [-0.2, -0.15) is 0 Å². The third-order valence-electron chi connectivity index (χ3n) is 2.96. The Morgan fingerprint density at radius 2 is 1.74 bits per heavy atom. The van der Waals surface area contributed by atoms with Crippen molar-refractivity contribution in [3.63, 3.8) is 0 Å². The fourth-order valence-electron chi connectivity index (χ4n) is 2.05. The smallest absolute Gasteiger partial charge is 0.314 e. The molecule has 0 unspecified atom stereocenters. The summed E-state index contributed by atoms with van der Waals surface area (Å²) in [5.74, 6) is 0. The van der Waals surface area contributed by atoms with E-state index < -0.39 is 0 Å². The summed E-state index contributed by atoms with van der Waals surface area (Å²) in [5.41, 5.74) is 1.22. The van der Waals surface area contributed by atoms with Crippen LogP contribution >= 0.6 is 0 Å². The molecule has 4 nitrogen and oxygen atoms in total. The normalized spacial score (nSPS) is 10.4. The summed E-state index contributed by atoms with van der Waals surface area (Å²) in [4.78, 5) is 11.3. The van der Waals surface area contributed by atoms with Gasteiger partial charge in [-0.05, 0) is 22.8 Å². The molecule has 0 spiro atoms. The van der Waals surface area contributed by atoms with Crippen LogP contribution in [0.3, 0.4) is 0 Å². The third-order valence-corrected chi connectivity index (χ3v) is 2.96. The highest BCUT2D eigenvalue weighted by molar-refractivity contribution is 5.85. The first kappa shape index (κ1) is 13.4. The number of rotatable bonds is 5. The highest BCUT2D eigenvalue weighted by atomic mass is 16.3. The van der Waals surface area contributed by atoms with Gasteiger partial charge in [0.1, 0.15) is 0 Å². The number of urea groups is 1. The van der Waals surface area contributed by atoms with Crippen molar-refractivity contribution < 1.29 is 9.90 Å². The Morgan fingerprint density at radius 1 is 1.00 bits per heavy atom. The van der Waals surface area contributed by atoms with Crippen LogP contribution in [0.2, 0.25) is 0 Å². The Morgan fingerprint density at radius 3 is 2.58 bits per heavy atom. The molecular weight excluding hydrogens is 240 g/mol. The van der Waals surface area contributed by atoms with Crippen LogP contribution in [0.15, 0.2) is 42.5 Å². The summed E-state index contributed by atoms with van der Waals surface area (Å²) in [7, 11) is 0. The number of hydrogen-bond donors (Lipinski definition) is 3. The minimum atomic E-state index is -0.241. The molecule has 2 amide bonds. The molecule has 2 rings (SSSR count). The topological polar surface area (TPSA) is 61.4 Å². The van der Waals surface area contributed by atoms with Gasteiger partial charge >= 0.3 is 6.03 Å². The zero-order valence-electron chi connectivity index (χ0n) is 10.7. The van der Waals surface area contributed by atoms with E-state index in [4.69, 9.17) is 5.11 Å². The van der Waals surface area contributed by atoms with E-state index >= 15 is 0 Å². The summed E-state index contributed by atoms with van der Waals surface area (Å²) < 4.78 is 0. The molecule has 4 heteroatoms. The van der Waals surface area contributed by atoms with E-state index in [1.165, 1.54) is 16.3 Å². The standard InChI is InChI=1S/C15H18N2O2/c18-11-10-17-15(19)16-9-8-13-6-3-5-12-4-1-2-7-14(12)13/h1-7,18H,8-11H2,(H2,16,17,19). The van der Waals surface area contributed by atoms with E-state index in [2.05, 4.69) is 34.9 Å². The second-order valence-electron chi connectivity index (χ2n) is 4.29. The summed E-state index contributed by atoms with van der Waals surface area (Å²) in [6.07, 6.45) is 0.786. The van der Waals surface area contributed by atoms with Gasteiger partial charge < -0.3 is 15.7 Å². The van der Waals surface area contributed by atoms with E-state index in [0.29, 0.717) is 6.54 Å². The van der Waals surface area contributed by atoms with Crippen molar-refractivity contribution in [2.45, 2.75) is 6.42 Å². The largest absolute Gasteiger partial charge is 0.395 e. The van der Waals surface area contributed by atoms with Crippen molar-refractivity contribution in [1.82, 2.24) is 10.6 Å². The Kier molecular flexibility index (Phi) is 4.75. The predicted octanol–water partition coefficient (Wildman–Crippen LogP) is 1.67. The molecule has 2 aromatic rings. The molecule has 19 heavy (non-hydrogen) atoms. The van der Waals surface area contributed by atoms with Gasteiger partial charge in [0, 0.05) is 13.1 Å². The van der Waals surface area contributed by atoms with Crippen LogP contribution in [0.5, 0.6) is 0 Å². The number of hydrogen-bond acceptors (Lipinski definition) is 2. The first-order chi connectivity index (χ1) is 9.31. The van der Waals surface area contributed by atoms with Gasteiger partial charge in [0.2, 0.25) is 0 Å². The van der Waals surface area contributed by atoms with Crippen LogP contribution in [0.25, 0.3) is 10.8 Å². The average Bonchev–Trinajstić information content (AvgIpc) is 2.45. The minimum Gasteiger partial charge on any atom is -0.395 e. The fourth-order valence-corrected chi connectivity index (χ4v) is 2.05. The van der Waals surface area contributed by atoms with E-state index in [1.807, 2.05) is 18.2 Å². The number of carbonyl (C=O) groups excluding carboxylic acids is 1. The van der Waals surface area contributed by atoms with Crippen molar-refractivity contribution in [3.8, 4) is 0 Å². The predicted molar refractivity (Wildman–Crippen MR) is 76.1 cm³/mol. The molecule has 0 bridgehead atoms. The zero-order chi connectivity index (χ0) is 13.5. The molecule has 0 radical (unpaired) electrons. The van der Waals surface area contributed by atoms with E-state index in [9.17, 15) is 4.79 Å². The minimum absolute atomic E-state index is 0.0449. The Labute approximate surface area is 112 Å². The van der Waals surface area contributed by atoms with Gasteiger partial charge in [0.25, 0.3) is 0 Å². The van der Waals surface area contributed by atoms with Crippen molar-refractivity contribution >= 4 is 16.8 Å². The lowest BCUT2D eigenvalue weighted by molar-refractivity contribution is 0.234. The molecule has 0 aliphatic carbocycles. The number of amides is 2. The Balaban J connectivity index is 1.93. The maximum Gasteiger partial charge on any atom is 0.314 e. The molecule has 0 heterocycles. The van der Waals surface area contributed by atoms with Crippen LogP contribution in [-0.4, -0.2) is 30.8 Å². The zero-order valence-corrected chi connectivity index (χ0v) is 10.7. The quantitative estimate of drug-likeness (QED) is 0.764. The molecule has 0 aromatic heterocycles. The molecule has 0 saturated heterocycles. The highest BCUT2D eigenvalue weighted by Crippen LogP contribution is 2.18. The molecule has 0 aliphatic rings. The Hall–Kier alpha value is -2.07. The third kappa shape index (κ3) is 3.69. The van der Waals surface area contributed by atoms with Gasteiger partial charge in [-0.25, -0.2) is 4.79 Å². The van der Waals surface area contributed by atoms with Crippen LogP contribution in [0.1, 0.15) is 5.56 Å². The molecule has 0 aliphatic heterocycles. The average molecular weight is 258 g/mol. The Bertz CT molecular complexity index is 549. The van der Waals surface area contributed by atoms with Crippen molar-refractivity contribution in [1.29, 1.82) is 0 Å². The van der Waals surface area contributed by atoms with Crippen molar-refractivity contribution in [2.75, 3.05) is 19.7 Å². The van der Waals surface area contributed by atoms with Crippen molar-refractivity contribution in [2.24, 2.45) is 0 Å². The van der Waals surface area contributed by atoms with Crippen LogP contribution in [0, 0.1) is 0 Å². The first-order valence-electron chi connectivity index (χ1n) is 6.40. The number of fused-ring (bicyclic) bond motifs is 1. The SMILES string of the molecule is O=C(NCCO)NCCc1cccc2ccccc12. The number of aliphatic hydroxyl groups is 1. The maximum absolute atomic E-state index is 11.3. The molecule has 0 atom stereocenters. The van der Waals surface area contributed by atoms with Crippen LogP contribution in [0.4, 0.5) is 4.79 Å². The summed E-state index contributed by atoms with van der Waals surface area (Å²) in [6.45, 7) is 0.808. The highest BCUT2D eigenvalue weighted by Gasteiger charge is 2.02. The number of aliphatic hydroxyl groups excluding tert-OH is 1. The van der Waals surface area contributed by atoms with Gasteiger partial charge in [0.05, 0.1) is 6.61 Å². The van der Waals surface area contributed by atoms with Crippen LogP contribution in [-0.2, 0) is 6.42 Å². The summed E-state index contributed by atoms with van der Waals surface area (Å²) in [6, 6.07) is 14.2. The second-order valence-corrected chi connectivity index (χ2v) is 4.29. The lowest BCUT2D eigenvalue weighted by Crippen LogP contribution is -2.37. The second kappa shape index (κ2) is 6.75. The van der Waals surface area contributed by atoms with Crippen molar-refractivity contribution in [3.05, 3.63) is 48.0 Å². The van der Waals surface area contributed by atoms with Gasteiger partial charge in [-0.3, -0.25) is 0 Å². The van der Waals surface area contributed by atoms with E-state index in [1.54, 1.807) is 0 Å². The van der Waals surface area contributed by atoms with Gasteiger partial charge in [-0.1, -0.05) is 42.5 Å². The monoisotopic (exact) mass is 258 g/mol. The number of carbonyl (C=O) groups is 1. The first-order valence-corrected chi connectivity index (χ1v) is 6.40. The maximum atomic E-state index is 11.3. The molecule has 100 valence electrons. The van der Waals surface area contributed by atoms with E-state index in [-0.39, 0.29) is 19.2 Å².